The predicted octanol–water partition coefficient (Wildman–Crippen LogP) is 1.06. The highest BCUT2D eigenvalue weighted by molar-refractivity contribution is 5.26. The van der Waals surface area contributed by atoms with Crippen molar-refractivity contribution in [3.05, 3.63) is 25.0 Å². The van der Waals surface area contributed by atoms with Crippen LogP contribution < -0.4 is 5.32 Å². The van der Waals surface area contributed by atoms with E-state index in [2.05, 4.69) is 28.8 Å². The molecule has 0 unspecified atom stereocenters. The lowest BCUT2D eigenvalue weighted by molar-refractivity contribution is 0.163. The second kappa shape index (κ2) is 7.86. The molecule has 0 amide bonds. The first-order valence-electron chi connectivity index (χ1n) is 5.81. The minimum absolute atomic E-state index is 0.765. The molecule has 0 atom stereocenters. The van der Waals surface area contributed by atoms with Gasteiger partial charge in [0.05, 0.1) is 6.61 Å². The highest BCUT2D eigenvalue weighted by Gasteiger charge is 2.01. The molecular formula is C12H22N4O. The number of allylic oxidation sites excluding steroid dienone is 1. The number of aromatic nitrogens is 2. The maximum absolute atomic E-state index is 5.03. The van der Waals surface area contributed by atoms with Crippen LogP contribution in [0.1, 0.15) is 0 Å². The Morgan fingerprint density at radius 3 is 3.12 bits per heavy atom. The number of rotatable bonds is 9. The topological polar surface area (TPSA) is 42.3 Å². The molecule has 1 heterocycles. The highest BCUT2D eigenvalue weighted by Crippen LogP contribution is 2.03. The molecule has 0 aromatic carbocycles. The standard InChI is InChI=1S/C12H22N4O/c1-4-7-16-9-6-14-12(16)13-5-8-15(2)10-11-17-3/h4,6,9H,1,5,7-8,10-11H2,2-3H3,(H,13,14). The van der Waals surface area contributed by atoms with E-state index in [0.29, 0.717) is 0 Å². The summed E-state index contributed by atoms with van der Waals surface area (Å²) in [5.41, 5.74) is 0. The second-order valence-electron chi connectivity index (χ2n) is 3.91. The minimum Gasteiger partial charge on any atom is -0.383 e. The lowest BCUT2D eigenvalue weighted by atomic mass is 10.5. The van der Waals surface area contributed by atoms with Gasteiger partial charge in [0.1, 0.15) is 0 Å². The molecule has 5 nitrogen and oxygen atoms in total. The SMILES string of the molecule is C=CCn1ccnc1NCCN(C)CCOC. The molecule has 0 radical (unpaired) electrons. The van der Waals surface area contributed by atoms with Crippen molar-refractivity contribution in [2.24, 2.45) is 0 Å². The van der Waals surface area contributed by atoms with Crippen LogP contribution in [0.25, 0.3) is 0 Å². The van der Waals surface area contributed by atoms with Gasteiger partial charge in [-0.05, 0) is 7.05 Å². The fourth-order valence-corrected chi connectivity index (χ4v) is 1.48. The zero-order valence-corrected chi connectivity index (χ0v) is 10.7. The van der Waals surface area contributed by atoms with Gasteiger partial charge in [0.25, 0.3) is 0 Å². The number of nitrogens with one attached hydrogen (secondary N) is 1. The van der Waals surface area contributed by atoms with Gasteiger partial charge in [-0.3, -0.25) is 0 Å². The number of anilines is 1. The summed E-state index contributed by atoms with van der Waals surface area (Å²) in [6.07, 6.45) is 5.59. The number of imidazole rings is 1. The van der Waals surface area contributed by atoms with Crippen molar-refractivity contribution in [3.63, 3.8) is 0 Å². The van der Waals surface area contributed by atoms with Crippen molar-refractivity contribution in [2.75, 3.05) is 45.7 Å². The van der Waals surface area contributed by atoms with Crippen LogP contribution in [0.15, 0.2) is 25.0 Å². The Kier molecular flexibility index (Phi) is 6.35. The zero-order valence-electron chi connectivity index (χ0n) is 10.7. The third-order valence-electron chi connectivity index (χ3n) is 2.50. The lowest BCUT2D eigenvalue weighted by Crippen LogP contribution is -2.28. The summed E-state index contributed by atoms with van der Waals surface area (Å²) in [7, 11) is 3.80. The molecule has 0 aliphatic rings. The maximum Gasteiger partial charge on any atom is 0.203 e. The minimum atomic E-state index is 0.765. The second-order valence-corrected chi connectivity index (χ2v) is 3.91. The monoisotopic (exact) mass is 238 g/mol. The van der Waals surface area contributed by atoms with E-state index in [1.54, 1.807) is 13.3 Å². The number of ether oxygens (including phenoxy) is 1. The number of hydrogen-bond donors (Lipinski definition) is 1. The molecule has 0 aliphatic heterocycles. The van der Waals surface area contributed by atoms with Gasteiger partial charge in [-0.2, -0.15) is 0 Å². The molecule has 96 valence electrons. The van der Waals surface area contributed by atoms with E-state index in [1.165, 1.54) is 0 Å². The van der Waals surface area contributed by atoms with Gasteiger partial charge in [0, 0.05) is 45.7 Å². The summed E-state index contributed by atoms with van der Waals surface area (Å²) in [6.45, 7) is 8.04. The van der Waals surface area contributed by atoms with Crippen molar-refractivity contribution in [3.8, 4) is 0 Å². The summed E-state index contributed by atoms with van der Waals surface area (Å²) in [5.74, 6) is 0.894. The fraction of sp³-hybridized carbons (Fsp3) is 0.583. The number of methoxy groups -OCH3 is 1. The van der Waals surface area contributed by atoms with E-state index in [1.807, 2.05) is 16.8 Å². The molecule has 1 N–H and O–H groups in total. The Morgan fingerprint density at radius 1 is 1.59 bits per heavy atom. The zero-order chi connectivity index (χ0) is 12.5. The molecule has 0 bridgehead atoms. The van der Waals surface area contributed by atoms with E-state index in [9.17, 15) is 0 Å². The van der Waals surface area contributed by atoms with Crippen LogP contribution in [-0.2, 0) is 11.3 Å². The van der Waals surface area contributed by atoms with E-state index >= 15 is 0 Å². The van der Waals surface area contributed by atoms with E-state index in [-0.39, 0.29) is 0 Å². The molecule has 17 heavy (non-hydrogen) atoms. The summed E-state index contributed by atoms with van der Waals surface area (Å²) in [6, 6.07) is 0. The van der Waals surface area contributed by atoms with Crippen LogP contribution in [0, 0.1) is 0 Å². The Labute approximate surface area is 103 Å². The molecule has 1 rings (SSSR count). The Hall–Kier alpha value is -1.33. The lowest BCUT2D eigenvalue weighted by Gasteiger charge is -2.16. The van der Waals surface area contributed by atoms with Crippen molar-refractivity contribution >= 4 is 5.95 Å². The van der Waals surface area contributed by atoms with Crippen molar-refractivity contribution in [2.45, 2.75) is 6.54 Å². The third kappa shape index (κ3) is 5.01. The molecule has 1 aromatic heterocycles. The van der Waals surface area contributed by atoms with Gasteiger partial charge in [0.15, 0.2) is 0 Å². The predicted molar refractivity (Wildman–Crippen MR) is 70.3 cm³/mol. The van der Waals surface area contributed by atoms with Gasteiger partial charge in [-0.15, -0.1) is 6.58 Å². The third-order valence-corrected chi connectivity index (χ3v) is 2.50. The van der Waals surface area contributed by atoms with Gasteiger partial charge in [-0.25, -0.2) is 4.98 Å². The van der Waals surface area contributed by atoms with Crippen LogP contribution in [0.4, 0.5) is 5.95 Å². The molecular weight excluding hydrogens is 216 g/mol. The first-order chi connectivity index (χ1) is 8.27. The molecule has 0 saturated carbocycles. The van der Waals surface area contributed by atoms with Crippen LogP contribution in [0.3, 0.4) is 0 Å². The van der Waals surface area contributed by atoms with Crippen molar-refractivity contribution in [1.29, 1.82) is 0 Å². The van der Waals surface area contributed by atoms with Crippen LogP contribution >= 0.6 is 0 Å². The van der Waals surface area contributed by atoms with E-state index < -0.39 is 0 Å². The fourth-order valence-electron chi connectivity index (χ4n) is 1.48. The van der Waals surface area contributed by atoms with Crippen molar-refractivity contribution in [1.82, 2.24) is 14.5 Å². The molecule has 0 aliphatic carbocycles. The molecule has 0 fully saturated rings. The van der Waals surface area contributed by atoms with E-state index in [0.717, 1.165) is 38.7 Å². The average molecular weight is 238 g/mol. The molecule has 0 saturated heterocycles. The maximum atomic E-state index is 5.03. The van der Waals surface area contributed by atoms with Crippen LogP contribution in [-0.4, -0.2) is 54.8 Å². The Balaban J connectivity index is 2.25. The van der Waals surface area contributed by atoms with Crippen molar-refractivity contribution < 1.29 is 4.74 Å². The van der Waals surface area contributed by atoms with Crippen LogP contribution in [0.2, 0.25) is 0 Å². The largest absolute Gasteiger partial charge is 0.383 e. The molecule has 5 heteroatoms. The number of hydrogen-bond acceptors (Lipinski definition) is 4. The van der Waals surface area contributed by atoms with Crippen LogP contribution in [0.5, 0.6) is 0 Å². The normalized spacial score (nSPS) is 10.8. The molecule has 1 aromatic rings. The average Bonchev–Trinajstić information content (AvgIpc) is 2.75. The summed E-state index contributed by atoms with van der Waals surface area (Å²) < 4.78 is 7.06. The van der Waals surface area contributed by atoms with Gasteiger partial charge in [0.2, 0.25) is 5.95 Å². The Bertz CT molecular complexity index is 324. The summed E-state index contributed by atoms with van der Waals surface area (Å²) in [5, 5.41) is 3.31. The first-order valence-corrected chi connectivity index (χ1v) is 5.81. The number of likely N-dealkylation sites (N-methyl/N-ethyl adjacent to an activating group) is 1. The quantitative estimate of drug-likeness (QED) is 0.653. The van der Waals surface area contributed by atoms with Gasteiger partial charge < -0.3 is 19.5 Å². The smallest absolute Gasteiger partial charge is 0.203 e. The number of nitrogens with zero attached hydrogens (tertiary/aromatic N) is 3. The molecule has 0 spiro atoms. The first kappa shape index (κ1) is 13.7. The van der Waals surface area contributed by atoms with E-state index in [4.69, 9.17) is 4.74 Å². The Morgan fingerprint density at radius 2 is 2.41 bits per heavy atom. The summed E-state index contributed by atoms with van der Waals surface area (Å²) >= 11 is 0. The van der Waals surface area contributed by atoms with Gasteiger partial charge in [-0.1, -0.05) is 6.08 Å². The van der Waals surface area contributed by atoms with Gasteiger partial charge >= 0.3 is 0 Å². The highest BCUT2D eigenvalue weighted by atomic mass is 16.5. The summed E-state index contributed by atoms with van der Waals surface area (Å²) in [4.78, 5) is 6.47.